The minimum atomic E-state index is -1.23. The number of anilines is 1. The number of hydrogen-bond donors (Lipinski definition) is 2. The average Bonchev–Trinajstić information content (AvgIpc) is 2.94. The standard InChI is InChI=1S/C21H20ClN3O4/c1-3-21(15-6-8-16(22)9-7-15)19(28)25(20(29)24-21)12-18(27)23-17-10-4-14(5-11-17)13(2)26/h4-11H,3,12H2,1-2H3,(H,23,27)(H,24,29). The van der Waals surface area contributed by atoms with Gasteiger partial charge in [-0.2, -0.15) is 0 Å². The van der Waals surface area contributed by atoms with Crippen molar-refractivity contribution in [3.63, 3.8) is 0 Å². The Morgan fingerprint density at radius 2 is 1.69 bits per heavy atom. The molecule has 1 fully saturated rings. The maximum Gasteiger partial charge on any atom is 0.325 e. The van der Waals surface area contributed by atoms with E-state index in [1.807, 2.05) is 0 Å². The van der Waals surface area contributed by atoms with Gasteiger partial charge in [0.15, 0.2) is 5.78 Å². The topological polar surface area (TPSA) is 95.6 Å². The summed E-state index contributed by atoms with van der Waals surface area (Å²) >= 11 is 5.92. The van der Waals surface area contributed by atoms with Crippen LogP contribution in [0.1, 0.15) is 36.2 Å². The number of nitrogens with one attached hydrogen (secondary N) is 2. The van der Waals surface area contributed by atoms with Crippen molar-refractivity contribution in [2.24, 2.45) is 0 Å². The van der Waals surface area contributed by atoms with Gasteiger partial charge >= 0.3 is 6.03 Å². The number of rotatable bonds is 6. The summed E-state index contributed by atoms with van der Waals surface area (Å²) in [6, 6.07) is 12.4. The number of carbonyl (C=O) groups excluding carboxylic acids is 4. The molecule has 0 aromatic heterocycles. The average molecular weight is 414 g/mol. The monoisotopic (exact) mass is 413 g/mol. The number of nitrogens with zero attached hydrogens (tertiary/aromatic N) is 1. The first kappa shape index (κ1) is 20.5. The van der Waals surface area contributed by atoms with Gasteiger partial charge in [-0.15, -0.1) is 0 Å². The lowest BCUT2D eigenvalue weighted by Crippen LogP contribution is -2.44. The fourth-order valence-corrected chi connectivity index (χ4v) is 3.40. The molecule has 0 saturated carbocycles. The van der Waals surface area contributed by atoms with Crippen LogP contribution in [0.3, 0.4) is 0 Å². The molecule has 0 bridgehead atoms. The number of amides is 4. The largest absolute Gasteiger partial charge is 0.325 e. The molecule has 1 aliphatic rings. The highest BCUT2D eigenvalue weighted by atomic mass is 35.5. The summed E-state index contributed by atoms with van der Waals surface area (Å²) in [5.74, 6) is -1.10. The van der Waals surface area contributed by atoms with E-state index in [0.29, 0.717) is 28.3 Å². The number of benzene rings is 2. The lowest BCUT2D eigenvalue weighted by Gasteiger charge is -2.25. The van der Waals surface area contributed by atoms with E-state index in [1.54, 1.807) is 55.5 Å². The predicted molar refractivity (Wildman–Crippen MR) is 109 cm³/mol. The molecule has 1 unspecified atom stereocenters. The Morgan fingerprint density at radius 1 is 1.07 bits per heavy atom. The molecule has 7 nitrogen and oxygen atoms in total. The van der Waals surface area contributed by atoms with Crippen molar-refractivity contribution < 1.29 is 19.2 Å². The second-order valence-electron chi connectivity index (χ2n) is 6.77. The Bertz CT molecular complexity index is 972. The van der Waals surface area contributed by atoms with Crippen molar-refractivity contribution in [1.29, 1.82) is 0 Å². The molecule has 2 aromatic rings. The zero-order valence-corrected chi connectivity index (χ0v) is 16.7. The predicted octanol–water partition coefficient (Wildman–Crippen LogP) is 3.34. The lowest BCUT2D eigenvalue weighted by atomic mass is 9.87. The molecule has 0 spiro atoms. The van der Waals surface area contributed by atoms with E-state index >= 15 is 0 Å². The SMILES string of the molecule is CCC1(c2ccc(Cl)cc2)NC(=O)N(CC(=O)Nc2ccc(C(C)=O)cc2)C1=O. The van der Waals surface area contributed by atoms with Crippen LogP contribution < -0.4 is 10.6 Å². The summed E-state index contributed by atoms with van der Waals surface area (Å²) in [5, 5.41) is 5.86. The molecule has 4 amide bonds. The number of hydrogen-bond acceptors (Lipinski definition) is 4. The van der Waals surface area contributed by atoms with E-state index in [-0.39, 0.29) is 5.78 Å². The fraction of sp³-hybridized carbons (Fsp3) is 0.238. The zero-order chi connectivity index (χ0) is 21.2. The van der Waals surface area contributed by atoms with Gasteiger partial charge in [0.2, 0.25) is 5.91 Å². The third-order valence-corrected chi connectivity index (χ3v) is 5.17. The highest BCUT2D eigenvalue weighted by Crippen LogP contribution is 2.33. The third kappa shape index (κ3) is 4.00. The van der Waals surface area contributed by atoms with Gasteiger partial charge in [0.1, 0.15) is 12.1 Å². The summed E-state index contributed by atoms with van der Waals surface area (Å²) in [6.07, 6.45) is 0.323. The van der Waals surface area contributed by atoms with E-state index < -0.39 is 29.9 Å². The summed E-state index contributed by atoms with van der Waals surface area (Å²) in [4.78, 5) is 50.1. The lowest BCUT2D eigenvalue weighted by molar-refractivity contribution is -0.134. The van der Waals surface area contributed by atoms with E-state index in [1.165, 1.54) is 6.92 Å². The Labute approximate surface area is 173 Å². The van der Waals surface area contributed by atoms with Crippen molar-refractivity contribution in [2.45, 2.75) is 25.8 Å². The highest BCUT2D eigenvalue weighted by molar-refractivity contribution is 6.30. The minimum absolute atomic E-state index is 0.0830. The second-order valence-corrected chi connectivity index (χ2v) is 7.21. The summed E-state index contributed by atoms with van der Waals surface area (Å²) < 4.78 is 0. The van der Waals surface area contributed by atoms with Gasteiger partial charge in [0.25, 0.3) is 5.91 Å². The van der Waals surface area contributed by atoms with Crippen LogP contribution in [0.5, 0.6) is 0 Å². The van der Waals surface area contributed by atoms with Crippen molar-refractivity contribution in [1.82, 2.24) is 10.2 Å². The number of imide groups is 1. The molecule has 150 valence electrons. The van der Waals surface area contributed by atoms with Crippen LogP contribution in [0.2, 0.25) is 5.02 Å². The Morgan fingerprint density at radius 3 is 2.24 bits per heavy atom. The van der Waals surface area contributed by atoms with Gasteiger partial charge in [-0.25, -0.2) is 4.79 Å². The number of halogens is 1. The van der Waals surface area contributed by atoms with Crippen LogP contribution in [-0.4, -0.2) is 35.1 Å². The van der Waals surface area contributed by atoms with Gasteiger partial charge in [-0.1, -0.05) is 30.7 Å². The van der Waals surface area contributed by atoms with Gasteiger partial charge in [-0.05, 0) is 55.3 Å². The highest BCUT2D eigenvalue weighted by Gasteiger charge is 2.51. The van der Waals surface area contributed by atoms with Crippen molar-refractivity contribution >= 4 is 40.9 Å². The third-order valence-electron chi connectivity index (χ3n) is 4.92. The molecular formula is C21H20ClN3O4. The van der Waals surface area contributed by atoms with E-state index in [2.05, 4.69) is 10.6 Å². The Hall–Kier alpha value is -3.19. The van der Waals surface area contributed by atoms with Crippen LogP contribution in [-0.2, 0) is 15.1 Å². The second kappa shape index (κ2) is 8.05. The van der Waals surface area contributed by atoms with Crippen LogP contribution in [0.25, 0.3) is 0 Å². The maximum atomic E-state index is 13.1. The molecule has 2 aromatic carbocycles. The van der Waals surface area contributed by atoms with E-state index in [4.69, 9.17) is 11.6 Å². The normalized spacial score (nSPS) is 18.5. The summed E-state index contributed by atoms with van der Waals surface area (Å²) in [5.41, 5.74) is 0.357. The van der Waals surface area contributed by atoms with Crippen LogP contribution in [0.15, 0.2) is 48.5 Å². The zero-order valence-electron chi connectivity index (χ0n) is 16.0. The number of Topliss-reactive ketones (excluding diaryl/α,β-unsaturated/α-hetero) is 1. The summed E-state index contributed by atoms with van der Waals surface area (Å²) in [7, 11) is 0. The van der Waals surface area contributed by atoms with Gasteiger partial charge < -0.3 is 10.6 Å². The molecule has 0 radical (unpaired) electrons. The Kier molecular flexibility index (Phi) is 5.70. The van der Waals surface area contributed by atoms with Gasteiger partial charge in [0, 0.05) is 16.3 Å². The fourth-order valence-electron chi connectivity index (χ4n) is 3.28. The Balaban J connectivity index is 1.74. The van der Waals surface area contributed by atoms with E-state index in [9.17, 15) is 19.2 Å². The molecule has 3 rings (SSSR count). The van der Waals surface area contributed by atoms with Gasteiger partial charge in [-0.3, -0.25) is 19.3 Å². The first-order valence-corrected chi connectivity index (χ1v) is 9.45. The number of urea groups is 1. The molecule has 1 heterocycles. The number of ketones is 1. The van der Waals surface area contributed by atoms with E-state index in [0.717, 1.165) is 4.90 Å². The first-order chi connectivity index (χ1) is 13.8. The molecule has 1 saturated heterocycles. The van der Waals surface area contributed by atoms with Crippen LogP contribution in [0, 0.1) is 0 Å². The molecule has 2 N–H and O–H groups in total. The maximum absolute atomic E-state index is 13.1. The molecular weight excluding hydrogens is 394 g/mol. The van der Waals surface area contributed by atoms with Crippen molar-refractivity contribution in [3.05, 3.63) is 64.7 Å². The smallest absolute Gasteiger partial charge is 0.325 e. The minimum Gasteiger partial charge on any atom is -0.325 e. The quantitative estimate of drug-likeness (QED) is 0.560. The van der Waals surface area contributed by atoms with Crippen molar-refractivity contribution in [3.8, 4) is 0 Å². The van der Waals surface area contributed by atoms with Crippen LogP contribution in [0.4, 0.5) is 10.5 Å². The summed E-state index contributed by atoms with van der Waals surface area (Å²) in [6.45, 7) is 2.81. The van der Waals surface area contributed by atoms with Crippen LogP contribution >= 0.6 is 11.6 Å². The van der Waals surface area contributed by atoms with Crippen molar-refractivity contribution in [2.75, 3.05) is 11.9 Å². The first-order valence-electron chi connectivity index (χ1n) is 9.08. The molecule has 29 heavy (non-hydrogen) atoms. The number of carbonyl (C=O) groups is 4. The molecule has 1 atom stereocenters. The molecule has 0 aliphatic carbocycles. The molecule has 1 aliphatic heterocycles. The molecule has 8 heteroatoms. The van der Waals surface area contributed by atoms with Gasteiger partial charge in [0.05, 0.1) is 0 Å².